The van der Waals surface area contributed by atoms with E-state index in [-0.39, 0.29) is 35.4 Å². The zero-order chi connectivity index (χ0) is 30.5. The molecular formula is C28H29ClF3N5O5. The van der Waals surface area contributed by atoms with Gasteiger partial charge in [0, 0.05) is 30.2 Å². The van der Waals surface area contributed by atoms with Gasteiger partial charge in [0.15, 0.2) is 5.82 Å². The molecule has 3 N–H and O–H groups in total. The van der Waals surface area contributed by atoms with Gasteiger partial charge in [-0.1, -0.05) is 11.6 Å². The van der Waals surface area contributed by atoms with Crippen LogP contribution in [0.15, 0.2) is 55.0 Å². The monoisotopic (exact) mass is 607 g/mol. The first-order chi connectivity index (χ1) is 19.8. The highest BCUT2D eigenvalue weighted by Gasteiger charge is 2.32. The van der Waals surface area contributed by atoms with E-state index in [9.17, 15) is 18.0 Å². The van der Waals surface area contributed by atoms with E-state index in [2.05, 4.69) is 20.6 Å². The number of nitrogens with one attached hydrogen (secondary N) is 2. The molecule has 4 aromatic rings. The van der Waals surface area contributed by atoms with Gasteiger partial charge in [0.25, 0.3) is 0 Å². The summed E-state index contributed by atoms with van der Waals surface area (Å²) in [6, 6.07) is 9.31. The number of hydrogen-bond acceptors (Lipinski definition) is 8. The van der Waals surface area contributed by atoms with Crippen LogP contribution < -0.4 is 15.4 Å². The Morgan fingerprint density at radius 2 is 1.83 bits per heavy atom. The van der Waals surface area contributed by atoms with Gasteiger partial charge in [0.05, 0.1) is 35.9 Å². The fraction of sp³-hybridized carbons (Fsp3) is 0.321. The van der Waals surface area contributed by atoms with E-state index in [1.807, 2.05) is 16.8 Å². The number of ether oxygens (including phenoxy) is 3. The van der Waals surface area contributed by atoms with Gasteiger partial charge in [-0.25, -0.2) is 14.8 Å². The van der Waals surface area contributed by atoms with Crippen LogP contribution in [0.5, 0.6) is 11.5 Å². The molecule has 10 nitrogen and oxygen atoms in total. The van der Waals surface area contributed by atoms with Crippen molar-refractivity contribution in [3.8, 4) is 11.5 Å². The Morgan fingerprint density at radius 3 is 2.52 bits per heavy atom. The van der Waals surface area contributed by atoms with Gasteiger partial charge in [-0.3, -0.25) is 5.32 Å². The third kappa shape index (κ3) is 8.24. The van der Waals surface area contributed by atoms with Gasteiger partial charge in [-0.2, -0.15) is 13.2 Å². The Labute approximate surface area is 244 Å². The lowest BCUT2D eigenvalue weighted by atomic mass is 10.1. The van der Waals surface area contributed by atoms with Crippen LogP contribution in [0, 0.1) is 0 Å². The van der Waals surface area contributed by atoms with Crippen molar-refractivity contribution >= 4 is 45.9 Å². The minimum absolute atomic E-state index is 0.0687. The highest BCUT2D eigenvalue weighted by atomic mass is 35.5. The molecule has 0 unspecified atom stereocenters. The zero-order valence-corrected chi connectivity index (χ0v) is 23.7. The highest BCUT2D eigenvalue weighted by molar-refractivity contribution is 6.32. The number of rotatable bonds is 10. The van der Waals surface area contributed by atoms with E-state index in [0.717, 1.165) is 17.6 Å². The molecule has 4 rings (SSSR count). The molecule has 0 aliphatic heterocycles. The second-order valence-electron chi connectivity index (χ2n) is 10.0. The lowest BCUT2D eigenvalue weighted by Crippen LogP contribution is -2.27. The fourth-order valence-corrected chi connectivity index (χ4v) is 4.10. The number of hydrogen-bond donors (Lipinski definition) is 3. The van der Waals surface area contributed by atoms with E-state index < -0.39 is 23.4 Å². The molecule has 0 saturated carbocycles. The van der Waals surface area contributed by atoms with Gasteiger partial charge in [0.1, 0.15) is 28.9 Å². The van der Waals surface area contributed by atoms with Gasteiger partial charge in [0.2, 0.25) is 0 Å². The van der Waals surface area contributed by atoms with Crippen molar-refractivity contribution in [2.24, 2.45) is 0 Å². The maximum Gasteiger partial charge on any atom is 0.416 e. The molecule has 2 aromatic heterocycles. The highest BCUT2D eigenvalue weighted by Crippen LogP contribution is 2.38. The lowest BCUT2D eigenvalue weighted by Gasteiger charge is -2.20. The van der Waals surface area contributed by atoms with Crippen LogP contribution >= 0.6 is 11.6 Å². The summed E-state index contributed by atoms with van der Waals surface area (Å²) in [6.07, 6.45) is -2.36. The number of benzene rings is 2. The number of carbonyl (C=O) groups excluding carboxylic acids is 1. The Morgan fingerprint density at radius 1 is 1.05 bits per heavy atom. The molecule has 14 heteroatoms. The summed E-state index contributed by atoms with van der Waals surface area (Å²) in [6.45, 7) is 5.94. The van der Waals surface area contributed by atoms with Crippen LogP contribution in [0.1, 0.15) is 26.3 Å². The molecule has 42 heavy (non-hydrogen) atoms. The van der Waals surface area contributed by atoms with Crippen molar-refractivity contribution in [3.63, 3.8) is 0 Å². The SMILES string of the molecule is CC(C)(C)OC(=O)Nc1cc(Oc2ccc(Nc3ncnc4ccn(CCOCCO)c34)cc2Cl)cc(C(F)(F)F)c1. The summed E-state index contributed by atoms with van der Waals surface area (Å²) >= 11 is 6.45. The predicted molar refractivity (Wildman–Crippen MR) is 152 cm³/mol. The molecule has 0 fully saturated rings. The Balaban J connectivity index is 1.54. The number of aliphatic hydroxyl groups excluding tert-OH is 1. The van der Waals surface area contributed by atoms with Crippen LogP contribution in [-0.2, 0) is 22.2 Å². The molecule has 0 aliphatic rings. The predicted octanol–water partition coefficient (Wildman–Crippen LogP) is 7.00. The molecule has 0 saturated heterocycles. The smallest absolute Gasteiger partial charge is 0.416 e. The first kappa shape index (κ1) is 30.9. The average Bonchev–Trinajstić information content (AvgIpc) is 3.30. The number of fused-ring (bicyclic) bond motifs is 1. The Bertz CT molecular complexity index is 1560. The second-order valence-corrected chi connectivity index (χ2v) is 10.5. The van der Waals surface area contributed by atoms with E-state index in [4.69, 9.17) is 30.9 Å². The first-order valence-corrected chi connectivity index (χ1v) is 13.2. The number of carbonyl (C=O) groups is 1. The van der Waals surface area contributed by atoms with E-state index >= 15 is 0 Å². The van der Waals surface area contributed by atoms with Crippen molar-refractivity contribution in [2.75, 3.05) is 30.5 Å². The van der Waals surface area contributed by atoms with E-state index in [1.54, 1.807) is 26.8 Å². The number of aliphatic hydroxyl groups is 1. The number of aromatic nitrogens is 3. The zero-order valence-electron chi connectivity index (χ0n) is 23.0. The first-order valence-electron chi connectivity index (χ1n) is 12.8. The summed E-state index contributed by atoms with van der Waals surface area (Å²) in [5.74, 6) is 0.381. The van der Waals surface area contributed by atoms with Crippen molar-refractivity contribution in [1.29, 1.82) is 0 Å². The summed E-state index contributed by atoms with van der Waals surface area (Å²) < 4.78 is 58.9. The summed E-state index contributed by atoms with van der Waals surface area (Å²) in [4.78, 5) is 20.8. The molecule has 0 radical (unpaired) electrons. The molecule has 2 aromatic carbocycles. The van der Waals surface area contributed by atoms with Crippen molar-refractivity contribution in [3.05, 3.63) is 65.6 Å². The lowest BCUT2D eigenvalue weighted by molar-refractivity contribution is -0.137. The third-order valence-electron chi connectivity index (χ3n) is 5.56. The molecular weight excluding hydrogens is 579 g/mol. The van der Waals surface area contributed by atoms with Crippen LogP contribution in [-0.4, -0.2) is 51.2 Å². The number of nitrogens with zero attached hydrogens (tertiary/aromatic N) is 3. The molecule has 2 heterocycles. The summed E-state index contributed by atoms with van der Waals surface area (Å²) in [5.41, 5.74) is -0.0902. The quantitative estimate of drug-likeness (QED) is 0.165. The molecule has 1 amide bonds. The number of alkyl halides is 3. The molecule has 0 bridgehead atoms. The topological polar surface area (TPSA) is 120 Å². The standard InChI is InChI=1S/C28H29ClF3N5O5/c1-27(2,3)42-26(39)36-19-12-17(28(30,31)32)13-20(14-19)41-23-5-4-18(15-21(23)29)35-25-24-22(33-16-34-25)6-7-37(24)8-10-40-11-9-38/h4-7,12-16,38H,8-11H2,1-3H3,(H,36,39)(H,33,34,35). The molecule has 0 spiro atoms. The van der Waals surface area contributed by atoms with Crippen LogP contribution in [0.3, 0.4) is 0 Å². The van der Waals surface area contributed by atoms with Gasteiger partial charge < -0.3 is 29.2 Å². The molecule has 0 atom stereocenters. The molecule has 224 valence electrons. The minimum atomic E-state index is -4.70. The van der Waals surface area contributed by atoms with Crippen LogP contribution in [0.2, 0.25) is 5.02 Å². The number of amides is 1. The Hall–Kier alpha value is -4.07. The van der Waals surface area contributed by atoms with Gasteiger partial charge >= 0.3 is 12.3 Å². The number of anilines is 3. The maximum absolute atomic E-state index is 13.6. The van der Waals surface area contributed by atoms with Crippen LogP contribution in [0.4, 0.5) is 35.2 Å². The largest absolute Gasteiger partial charge is 0.456 e. The van der Waals surface area contributed by atoms with E-state index in [1.165, 1.54) is 24.5 Å². The summed E-state index contributed by atoms with van der Waals surface area (Å²) in [7, 11) is 0. The van der Waals surface area contributed by atoms with Crippen molar-refractivity contribution in [1.82, 2.24) is 14.5 Å². The third-order valence-corrected chi connectivity index (χ3v) is 5.86. The van der Waals surface area contributed by atoms with Crippen molar-refractivity contribution in [2.45, 2.75) is 39.1 Å². The van der Waals surface area contributed by atoms with Gasteiger partial charge in [-0.15, -0.1) is 0 Å². The molecule has 0 aliphatic carbocycles. The second kappa shape index (κ2) is 12.8. The van der Waals surface area contributed by atoms with Crippen molar-refractivity contribution < 1.29 is 37.3 Å². The normalized spacial score (nSPS) is 11.9. The van der Waals surface area contributed by atoms with Gasteiger partial charge in [-0.05, 0) is 57.2 Å². The summed E-state index contributed by atoms with van der Waals surface area (Å²) in [5, 5.41) is 14.5. The maximum atomic E-state index is 13.6. The van der Waals surface area contributed by atoms with Crippen LogP contribution in [0.25, 0.3) is 11.0 Å². The Kier molecular flexibility index (Phi) is 9.44. The average molecular weight is 608 g/mol. The minimum Gasteiger partial charge on any atom is -0.456 e. The van der Waals surface area contributed by atoms with E-state index in [0.29, 0.717) is 30.2 Å². The fourth-order valence-electron chi connectivity index (χ4n) is 3.88. The number of halogens is 4.